The van der Waals surface area contributed by atoms with Gasteiger partial charge >= 0.3 is 10.1 Å². The predicted octanol–water partition coefficient (Wildman–Crippen LogP) is 4.06. The van der Waals surface area contributed by atoms with Crippen LogP contribution in [0.4, 0.5) is 4.39 Å². The second-order valence-electron chi connectivity index (χ2n) is 7.12. The highest BCUT2D eigenvalue weighted by molar-refractivity contribution is 9.10. The number of fused-ring (bicyclic) bond motifs is 1. The van der Waals surface area contributed by atoms with Crippen molar-refractivity contribution in [2.75, 3.05) is 12.3 Å². The van der Waals surface area contributed by atoms with E-state index < -0.39 is 15.9 Å². The van der Waals surface area contributed by atoms with Gasteiger partial charge < -0.3 is 4.18 Å². The summed E-state index contributed by atoms with van der Waals surface area (Å²) < 4.78 is 46.1. The van der Waals surface area contributed by atoms with Crippen LogP contribution in [0.25, 0.3) is 5.69 Å². The van der Waals surface area contributed by atoms with Crippen molar-refractivity contribution in [2.45, 2.75) is 26.4 Å². The van der Waals surface area contributed by atoms with Crippen molar-refractivity contribution in [1.29, 1.82) is 0 Å². The summed E-state index contributed by atoms with van der Waals surface area (Å²) in [6.45, 7) is 4.04. The zero-order valence-corrected chi connectivity index (χ0v) is 18.8. The molecule has 0 atom stereocenters. The minimum Gasteiger partial charge on any atom is -0.361 e. The summed E-state index contributed by atoms with van der Waals surface area (Å²) >= 11 is 3.44. The third-order valence-corrected chi connectivity index (χ3v) is 6.69. The molecular weight excluding hydrogens is 473 g/mol. The average Bonchev–Trinajstić information content (AvgIpc) is 3.05. The molecule has 158 valence electrons. The number of halogens is 2. The zero-order chi connectivity index (χ0) is 21.3. The number of aromatic nitrogens is 2. The Morgan fingerprint density at radius 2 is 1.90 bits per heavy atom. The lowest BCUT2D eigenvalue weighted by atomic mass is 10.1. The third-order valence-electron chi connectivity index (χ3n) is 5.05. The van der Waals surface area contributed by atoms with Gasteiger partial charge in [-0.3, -0.25) is 4.90 Å². The van der Waals surface area contributed by atoms with Gasteiger partial charge in [-0.1, -0.05) is 47.1 Å². The lowest BCUT2D eigenvalue weighted by Gasteiger charge is -2.21. The molecule has 6 nitrogen and oxygen atoms in total. The number of nitrogens with zero attached hydrogens (tertiary/aromatic N) is 3. The largest absolute Gasteiger partial charge is 0.361 e. The monoisotopic (exact) mass is 493 g/mol. The lowest BCUT2D eigenvalue weighted by Crippen LogP contribution is -2.25. The lowest BCUT2D eigenvalue weighted by molar-refractivity contribution is 0.267. The fraction of sp³-hybridized carbons (Fsp3) is 0.286. The Morgan fingerprint density at radius 1 is 1.17 bits per heavy atom. The van der Waals surface area contributed by atoms with Crippen LogP contribution in [0.2, 0.25) is 0 Å². The van der Waals surface area contributed by atoms with Crippen molar-refractivity contribution in [1.82, 2.24) is 14.7 Å². The summed E-state index contributed by atoms with van der Waals surface area (Å²) in [5.74, 6) is -0.529. The predicted molar refractivity (Wildman–Crippen MR) is 116 cm³/mol. The Bertz CT molecular complexity index is 1160. The molecule has 0 saturated carbocycles. The number of hydrogen-bond acceptors (Lipinski definition) is 5. The van der Waals surface area contributed by atoms with E-state index >= 15 is 0 Å². The van der Waals surface area contributed by atoms with Crippen LogP contribution < -0.4 is 4.18 Å². The van der Waals surface area contributed by atoms with Crippen molar-refractivity contribution < 1.29 is 17.0 Å². The summed E-state index contributed by atoms with van der Waals surface area (Å²) in [6.07, 6.45) is 0.289. The van der Waals surface area contributed by atoms with E-state index in [2.05, 4.69) is 45.0 Å². The van der Waals surface area contributed by atoms with Crippen LogP contribution in [0.5, 0.6) is 5.88 Å². The average molecular weight is 494 g/mol. The highest BCUT2D eigenvalue weighted by atomic mass is 79.9. The molecule has 1 aliphatic heterocycles. The number of benzene rings is 2. The van der Waals surface area contributed by atoms with Crippen LogP contribution >= 0.6 is 15.9 Å². The molecule has 0 saturated heterocycles. The van der Waals surface area contributed by atoms with Crippen molar-refractivity contribution in [3.8, 4) is 11.6 Å². The molecule has 0 N–H and O–H groups in total. The van der Waals surface area contributed by atoms with Crippen LogP contribution in [0.1, 0.15) is 23.7 Å². The van der Waals surface area contributed by atoms with Gasteiger partial charge in [-0.25, -0.2) is 4.39 Å². The first-order chi connectivity index (χ1) is 14.4. The molecule has 2 aromatic carbocycles. The van der Waals surface area contributed by atoms with Crippen LogP contribution in [-0.4, -0.2) is 35.4 Å². The fourth-order valence-corrected chi connectivity index (χ4v) is 4.67. The Hall–Kier alpha value is -2.23. The quantitative estimate of drug-likeness (QED) is 0.484. The van der Waals surface area contributed by atoms with E-state index in [1.54, 1.807) is 18.2 Å². The zero-order valence-electron chi connectivity index (χ0n) is 16.4. The minimum atomic E-state index is -3.71. The van der Waals surface area contributed by atoms with Crippen LogP contribution in [0.15, 0.2) is 53.0 Å². The van der Waals surface area contributed by atoms with Crippen LogP contribution in [0.3, 0.4) is 0 Å². The maximum absolute atomic E-state index is 14.4. The number of rotatable bonds is 6. The van der Waals surface area contributed by atoms with E-state index in [-0.39, 0.29) is 23.7 Å². The Kier molecular flexibility index (Phi) is 5.95. The SMILES string of the molecule is CCN(Cc1ccc(Br)cc1)Cc1nn(-c2ccccc2F)c2c1CCS(=O)(=O)O2. The molecule has 2 heterocycles. The summed E-state index contributed by atoms with van der Waals surface area (Å²) in [5, 5.41) is 4.57. The molecule has 30 heavy (non-hydrogen) atoms. The molecule has 0 fully saturated rings. The molecule has 0 spiro atoms. The van der Waals surface area contributed by atoms with Gasteiger partial charge in [0.2, 0.25) is 5.88 Å². The van der Waals surface area contributed by atoms with Gasteiger partial charge in [0.1, 0.15) is 11.5 Å². The van der Waals surface area contributed by atoms with E-state index in [0.29, 0.717) is 24.3 Å². The van der Waals surface area contributed by atoms with Gasteiger partial charge in [0.25, 0.3) is 0 Å². The first-order valence-electron chi connectivity index (χ1n) is 9.61. The van der Waals surface area contributed by atoms with Crippen molar-refractivity contribution in [3.05, 3.63) is 75.6 Å². The summed E-state index contributed by atoms with van der Waals surface area (Å²) in [6, 6.07) is 14.2. The Labute approximate surface area is 183 Å². The summed E-state index contributed by atoms with van der Waals surface area (Å²) in [7, 11) is -3.71. The molecule has 0 radical (unpaired) electrons. The van der Waals surface area contributed by atoms with Gasteiger partial charge in [-0.15, -0.1) is 0 Å². The molecule has 9 heteroatoms. The van der Waals surface area contributed by atoms with Gasteiger partial charge in [0, 0.05) is 23.1 Å². The van der Waals surface area contributed by atoms with E-state index in [1.165, 1.54) is 10.7 Å². The number of hydrogen-bond donors (Lipinski definition) is 0. The van der Waals surface area contributed by atoms with Crippen LogP contribution in [0, 0.1) is 5.82 Å². The fourth-order valence-electron chi connectivity index (χ4n) is 3.46. The maximum Gasteiger partial charge on any atom is 0.311 e. The maximum atomic E-state index is 14.4. The Balaban J connectivity index is 1.69. The molecule has 1 aliphatic rings. The second kappa shape index (κ2) is 8.49. The molecule has 1 aromatic heterocycles. The molecule has 0 aliphatic carbocycles. The van der Waals surface area contributed by atoms with E-state index in [0.717, 1.165) is 16.6 Å². The molecular formula is C21H21BrFN3O3S. The van der Waals surface area contributed by atoms with Gasteiger partial charge in [-0.2, -0.15) is 18.2 Å². The standard InChI is InChI=1S/C21H21BrFN3O3S/c1-2-25(13-15-7-9-16(22)10-8-15)14-19-17-11-12-30(27,28)29-21(17)26(24-19)20-6-4-3-5-18(20)23/h3-10H,2,11-14H2,1H3. The smallest absolute Gasteiger partial charge is 0.311 e. The Morgan fingerprint density at radius 3 is 2.60 bits per heavy atom. The summed E-state index contributed by atoms with van der Waals surface area (Å²) in [4.78, 5) is 2.20. The molecule has 3 aromatic rings. The molecule has 4 rings (SSSR count). The van der Waals surface area contributed by atoms with Crippen LogP contribution in [-0.2, 0) is 29.6 Å². The first kappa shape index (κ1) is 21.0. The topological polar surface area (TPSA) is 64.4 Å². The normalized spacial score (nSPS) is 15.1. The van der Waals surface area contributed by atoms with E-state index in [1.807, 2.05) is 12.1 Å². The molecule has 0 bridgehead atoms. The van der Waals surface area contributed by atoms with E-state index in [9.17, 15) is 12.8 Å². The second-order valence-corrected chi connectivity index (χ2v) is 9.72. The van der Waals surface area contributed by atoms with Crippen molar-refractivity contribution in [2.24, 2.45) is 0 Å². The summed E-state index contributed by atoms with van der Waals surface area (Å²) in [5.41, 5.74) is 2.72. The highest BCUT2D eigenvalue weighted by Crippen LogP contribution is 2.33. The molecule has 0 amide bonds. The van der Waals surface area contributed by atoms with Gasteiger partial charge in [0.05, 0.1) is 11.4 Å². The van der Waals surface area contributed by atoms with E-state index in [4.69, 9.17) is 4.18 Å². The third kappa shape index (κ3) is 4.43. The van der Waals surface area contributed by atoms with Crippen molar-refractivity contribution >= 4 is 26.0 Å². The molecule has 0 unspecified atom stereocenters. The number of para-hydroxylation sites is 1. The van der Waals surface area contributed by atoms with Crippen molar-refractivity contribution in [3.63, 3.8) is 0 Å². The van der Waals surface area contributed by atoms with Gasteiger partial charge in [-0.05, 0) is 42.8 Å². The highest BCUT2D eigenvalue weighted by Gasteiger charge is 2.31. The first-order valence-corrected chi connectivity index (χ1v) is 12.0. The minimum absolute atomic E-state index is 0.0843. The van der Waals surface area contributed by atoms with Gasteiger partial charge in [0.15, 0.2) is 0 Å².